The second-order valence-corrected chi connectivity index (χ2v) is 7.19. The highest BCUT2D eigenvalue weighted by Gasteiger charge is 2.16. The average Bonchev–Trinajstić information content (AvgIpc) is 2.67. The molecule has 8 heteroatoms. The summed E-state index contributed by atoms with van der Waals surface area (Å²) in [5.74, 6) is 0.876. The minimum absolute atomic E-state index is 0.0382. The van der Waals surface area contributed by atoms with Crippen LogP contribution in [0.25, 0.3) is 11.3 Å². The third-order valence-corrected chi connectivity index (χ3v) is 5.21. The maximum absolute atomic E-state index is 12.3. The fourth-order valence-electron chi connectivity index (χ4n) is 2.97. The molecular formula is C18H22N4O3S. The Morgan fingerprint density at radius 3 is 2.62 bits per heavy atom. The molecule has 0 aliphatic heterocycles. The summed E-state index contributed by atoms with van der Waals surface area (Å²) >= 11 is 1.18. The number of benzene rings is 1. The van der Waals surface area contributed by atoms with E-state index in [1.807, 2.05) is 0 Å². The first-order valence-corrected chi connectivity index (χ1v) is 9.68. The number of hydrogen-bond donors (Lipinski definition) is 2. The van der Waals surface area contributed by atoms with Gasteiger partial charge >= 0.3 is 0 Å². The number of rotatable bonds is 6. The Kier molecular flexibility index (Phi) is 6.27. The van der Waals surface area contributed by atoms with Gasteiger partial charge in [-0.15, -0.1) is 10.2 Å². The molecule has 1 aliphatic rings. The number of nitrogens with zero attached hydrogens (tertiary/aromatic N) is 2. The largest absolute Gasteiger partial charge is 0.497 e. The Labute approximate surface area is 156 Å². The van der Waals surface area contributed by atoms with Crippen molar-refractivity contribution in [3.8, 4) is 17.0 Å². The van der Waals surface area contributed by atoms with Gasteiger partial charge < -0.3 is 10.1 Å². The van der Waals surface area contributed by atoms with E-state index in [1.165, 1.54) is 31.0 Å². The molecule has 0 radical (unpaired) electrons. The van der Waals surface area contributed by atoms with Crippen LogP contribution in [0.3, 0.4) is 0 Å². The smallest absolute Gasteiger partial charge is 0.278 e. The molecule has 1 fully saturated rings. The Bertz CT molecular complexity index is 801. The molecule has 1 amide bonds. The third-order valence-electron chi connectivity index (χ3n) is 4.35. The average molecular weight is 374 g/mol. The van der Waals surface area contributed by atoms with E-state index >= 15 is 0 Å². The molecule has 1 aromatic heterocycles. The maximum atomic E-state index is 12.3. The fraction of sp³-hybridized carbons (Fsp3) is 0.444. The van der Waals surface area contributed by atoms with Gasteiger partial charge in [0.2, 0.25) is 5.91 Å². The Morgan fingerprint density at radius 2 is 1.96 bits per heavy atom. The van der Waals surface area contributed by atoms with Gasteiger partial charge in [-0.2, -0.15) is 0 Å². The molecule has 1 aliphatic carbocycles. The van der Waals surface area contributed by atoms with Crippen molar-refractivity contribution in [1.29, 1.82) is 0 Å². The van der Waals surface area contributed by atoms with Crippen LogP contribution in [0.1, 0.15) is 32.1 Å². The van der Waals surface area contributed by atoms with E-state index in [0.29, 0.717) is 16.5 Å². The first kappa shape index (κ1) is 18.4. The van der Waals surface area contributed by atoms with Gasteiger partial charge in [0.15, 0.2) is 10.9 Å². The lowest BCUT2D eigenvalue weighted by Crippen LogP contribution is -2.37. The quantitative estimate of drug-likeness (QED) is 0.754. The lowest BCUT2D eigenvalue weighted by atomic mass is 9.95. The highest BCUT2D eigenvalue weighted by molar-refractivity contribution is 7.99. The van der Waals surface area contributed by atoms with Crippen molar-refractivity contribution in [2.75, 3.05) is 12.9 Å². The predicted octanol–water partition coefficient (Wildman–Crippen LogP) is 2.38. The highest BCUT2D eigenvalue weighted by Crippen LogP contribution is 2.19. The second kappa shape index (κ2) is 8.84. The number of aromatic amines is 1. The number of thioether (sulfide) groups is 1. The summed E-state index contributed by atoms with van der Waals surface area (Å²) in [6.07, 6.45) is 5.68. The molecule has 138 valence electrons. The predicted molar refractivity (Wildman–Crippen MR) is 100 cm³/mol. The van der Waals surface area contributed by atoms with Crippen LogP contribution in [0.5, 0.6) is 5.75 Å². The molecule has 0 bridgehead atoms. The van der Waals surface area contributed by atoms with Crippen LogP contribution in [0, 0.1) is 0 Å². The van der Waals surface area contributed by atoms with Gasteiger partial charge in [-0.3, -0.25) is 14.6 Å². The zero-order valence-electron chi connectivity index (χ0n) is 14.7. The lowest BCUT2D eigenvalue weighted by Gasteiger charge is -2.22. The summed E-state index contributed by atoms with van der Waals surface area (Å²) in [5.41, 5.74) is 0.565. The lowest BCUT2D eigenvalue weighted by molar-refractivity contribution is -0.119. The third kappa shape index (κ3) is 4.85. The van der Waals surface area contributed by atoms with Crippen LogP contribution in [-0.2, 0) is 4.79 Å². The number of amides is 1. The number of ether oxygens (including phenoxy) is 1. The zero-order valence-corrected chi connectivity index (χ0v) is 15.5. The molecule has 2 aromatic rings. The number of carbonyl (C=O) groups excluding carboxylic acids is 1. The standard InChI is InChI=1S/C18H22N4O3S/c1-25-14-9-7-12(8-10-14)16-17(24)20-18(22-21-16)26-11-15(23)19-13-5-3-2-4-6-13/h7-10,13H,2-6,11H2,1H3,(H,19,23)(H,20,22,24). The summed E-state index contributed by atoms with van der Waals surface area (Å²) in [7, 11) is 1.58. The van der Waals surface area contributed by atoms with Gasteiger partial charge in [0, 0.05) is 11.6 Å². The van der Waals surface area contributed by atoms with Crippen LogP contribution >= 0.6 is 11.8 Å². The SMILES string of the molecule is COc1ccc(-c2nnc(SCC(=O)NC3CCCCC3)[nH]c2=O)cc1. The Balaban J connectivity index is 1.58. The van der Waals surface area contributed by atoms with Gasteiger partial charge in [-0.25, -0.2) is 0 Å². The van der Waals surface area contributed by atoms with Crippen molar-refractivity contribution in [3.63, 3.8) is 0 Å². The number of nitrogens with one attached hydrogen (secondary N) is 2. The fourth-order valence-corrected chi connectivity index (χ4v) is 3.59. The van der Waals surface area contributed by atoms with Crippen LogP contribution in [0.15, 0.2) is 34.2 Å². The molecule has 26 heavy (non-hydrogen) atoms. The number of aromatic nitrogens is 3. The van der Waals surface area contributed by atoms with Crippen LogP contribution in [0.2, 0.25) is 0 Å². The first-order chi connectivity index (χ1) is 12.7. The molecule has 0 atom stereocenters. The minimum atomic E-state index is -0.333. The molecule has 2 N–H and O–H groups in total. The van der Waals surface area contributed by atoms with E-state index in [0.717, 1.165) is 12.8 Å². The zero-order chi connectivity index (χ0) is 18.4. The summed E-state index contributed by atoms with van der Waals surface area (Å²) in [5, 5.41) is 11.4. The Hall–Kier alpha value is -2.35. The molecule has 3 rings (SSSR count). The van der Waals surface area contributed by atoms with Gasteiger partial charge in [-0.1, -0.05) is 31.0 Å². The number of carbonyl (C=O) groups is 1. The van der Waals surface area contributed by atoms with E-state index in [9.17, 15) is 9.59 Å². The maximum Gasteiger partial charge on any atom is 0.278 e. The van der Waals surface area contributed by atoms with Gasteiger partial charge in [0.1, 0.15) is 5.75 Å². The number of hydrogen-bond acceptors (Lipinski definition) is 6. The van der Waals surface area contributed by atoms with E-state index < -0.39 is 0 Å². The van der Waals surface area contributed by atoms with E-state index in [-0.39, 0.29) is 29.0 Å². The monoisotopic (exact) mass is 374 g/mol. The summed E-state index contributed by atoms with van der Waals surface area (Å²) in [6.45, 7) is 0. The van der Waals surface area contributed by atoms with Crippen LogP contribution in [-0.4, -0.2) is 40.0 Å². The van der Waals surface area contributed by atoms with Gasteiger partial charge in [0.25, 0.3) is 5.56 Å². The molecule has 1 heterocycles. The van der Waals surface area contributed by atoms with Crippen molar-refractivity contribution < 1.29 is 9.53 Å². The molecule has 0 spiro atoms. The molecule has 7 nitrogen and oxygen atoms in total. The summed E-state index contributed by atoms with van der Waals surface area (Å²) < 4.78 is 5.10. The van der Waals surface area contributed by atoms with E-state index in [4.69, 9.17) is 4.74 Å². The molecule has 1 aromatic carbocycles. The highest BCUT2D eigenvalue weighted by atomic mass is 32.2. The second-order valence-electron chi connectivity index (χ2n) is 6.23. The van der Waals surface area contributed by atoms with Gasteiger partial charge in [0.05, 0.1) is 12.9 Å². The van der Waals surface area contributed by atoms with Crippen molar-refractivity contribution in [2.24, 2.45) is 0 Å². The van der Waals surface area contributed by atoms with Crippen molar-refractivity contribution in [1.82, 2.24) is 20.5 Å². The van der Waals surface area contributed by atoms with Crippen molar-refractivity contribution >= 4 is 17.7 Å². The normalized spacial score (nSPS) is 14.8. The summed E-state index contributed by atoms with van der Waals surface area (Å²) in [6, 6.07) is 7.30. The van der Waals surface area contributed by atoms with E-state index in [1.54, 1.807) is 31.4 Å². The van der Waals surface area contributed by atoms with Crippen molar-refractivity contribution in [2.45, 2.75) is 43.3 Å². The number of H-pyrrole nitrogens is 1. The van der Waals surface area contributed by atoms with E-state index in [2.05, 4.69) is 20.5 Å². The molecular weight excluding hydrogens is 352 g/mol. The van der Waals surface area contributed by atoms with Crippen LogP contribution < -0.4 is 15.6 Å². The first-order valence-electron chi connectivity index (χ1n) is 8.69. The minimum Gasteiger partial charge on any atom is -0.497 e. The number of methoxy groups -OCH3 is 1. The van der Waals surface area contributed by atoms with Crippen molar-refractivity contribution in [3.05, 3.63) is 34.6 Å². The molecule has 0 unspecified atom stereocenters. The Morgan fingerprint density at radius 1 is 1.23 bits per heavy atom. The summed E-state index contributed by atoms with van der Waals surface area (Å²) in [4.78, 5) is 27.0. The van der Waals surface area contributed by atoms with Crippen LogP contribution in [0.4, 0.5) is 0 Å². The topological polar surface area (TPSA) is 97.0 Å². The molecule has 0 saturated heterocycles. The molecule has 1 saturated carbocycles. The van der Waals surface area contributed by atoms with Gasteiger partial charge in [-0.05, 0) is 37.1 Å².